The highest BCUT2D eigenvalue weighted by molar-refractivity contribution is 14.0. The minimum Gasteiger partial charge on any atom is -0.496 e. The summed E-state index contributed by atoms with van der Waals surface area (Å²) >= 11 is 5.19. The van der Waals surface area contributed by atoms with Crippen molar-refractivity contribution >= 4 is 57.2 Å². The summed E-state index contributed by atoms with van der Waals surface area (Å²) < 4.78 is 6.20. The van der Waals surface area contributed by atoms with Crippen LogP contribution in [0.3, 0.4) is 0 Å². The van der Waals surface area contributed by atoms with Crippen LogP contribution in [0.15, 0.2) is 33.0 Å². The van der Waals surface area contributed by atoms with Crippen molar-refractivity contribution < 1.29 is 4.74 Å². The normalized spacial score (nSPS) is 11.0. The zero-order valence-corrected chi connectivity index (χ0v) is 19.6. The van der Waals surface area contributed by atoms with Crippen LogP contribution in [0.2, 0.25) is 0 Å². The SMILES string of the molecule is CCNC(=NCc1ccc(OC)c(Br)c1)N(C)Cc1csc(C)n1.I. The smallest absolute Gasteiger partial charge is 0.194 e. The molecule has 1 aromatic carbocycles. The summed E-state index contributed by atoms with van der Waals surface area (Å²) in [7, 11) is 3.69. The molecule has 25 heavy (non-hydrogen) atoms. The molecule has 1 N–H and O–H groups in total. The fraction of sp³-hybridized carbons (Fsp3) is 0.412. The lowest BCUT2D eigenvalue weighted by atomic mass is 10.2. The maximum absolute atomic E-state index is 5.26. The zero-order chi connectivity index (χ0) is 17.5. The number of benzene rings is 1. The number of nitrogens with zero attached hydrogens (tertiary/aromatic N) is 3. The summed E-state index contributed by atoms with van der Waals surface area (Å²) in [4.78, 5) is 11.3. The van der Waals surface area contributed by atoms with Crippen molar-refractivity contribution in [1.29, 1.82) is 0 Å². The molecule has 1 aromatic heterocycles. The second-order valence-corrected chi connectivity index (χ2v) is 7.27. The van der Waals surface area contributed by atoms with E-state index in [2.05, 4.69) is 43.4 Å². The summed E-state index contributed by atoms with van der Waals surface area (Å²) in [5.41, 5.74) is 2.19. The first-order chi connectivity index (χ1) is 11.5. The van der Waals surface area contributed by atoms with E-state index in [9.17, 15) is 0 Å². The van der Waals surface area contributed by atoms with Crippen molar-refractivity contribution in [2.45, 2.75) is 26.9 Å². The van der Waals surface area contributed by atoms with Gasteiger partial charge in [0.05, 0.1) is 35.4 Å². The summed E-state index contributed by atoms with van der Waals surface area (Å²) in [5, 5.41) is 6.51. The van der Waals surface area contributed by atoms with Crippen LogP contribution in [0, 0.1) is 6.92 Å². The van der Waals surface area contributed by atoms with Gasteiger partial charge in [0.25, 0.3) is 0 Å². The first-order valence-corrected chi connectivity index (χ1v) is 9.43. The zero-order valence-electron chi connectivity index (χ0n) is 14.9. The van der Waals surface area contributed by atoms with E-state index in [-0.39, 0.29) is 24.0 Å². The number of nitrogens with one attached hydrogen (secondary N) is 1. The lowest BCUT2D eigenvalue weighted by Gasteiger charge is -2.21. The molecular formula is C17H24BrIN4OS. The minimum absolute atomic E-state index is 0. The van der Waals surface area contributed by atoms with Gasteiger partial charge in [-0.05, 0) is 47.5 Å². The van der Waals surface area contributed by atoms with Gasteiger partial charge in [0.2, 0.25) is 0 Å². The summed E-state index contributed by atoms with van der Waals surface area (Å²) in [6.07, 6.45) is 0. The van der Waals surface area contributed by atoms with Gasteiger partial charge in [0, 0.05) is 19.0 Å². The van der Waals surface area contributed by atoms with Crippen molar-refractivity contribution in [2.75, 3.05) is 20.7 Å². The van der Waals surface area contributed by atoms with Gasteiger partial charge in [-0.2, -0.15) is 0 Å². The molecule has 0 radical (unpaired) electrons. The molecule has 0 aliphatic carbocycles. The quantitative estimate of drug-likeness (QED) is 0.335. The van der Waals surface area contributed by atoms with Crippen molar-refractivity contribution in [3.63, 3.8) is 0 Å². The molecule has 0 aliphatic rings. The van der Waals surface area contributed by atoms with Crippen molar-refractivity contribution in [3.05, 3.63) is 44.3 Å². The van der Waals surface area contributed by atoms with Crippen LogP contribution in [-0.2, 0) is 13.1 Å². The Kier molecular flexibility index (Phi) is 9.73. The number of hydrogen-bond acceptors (Lipinski definition) is 4. The highest BCUT2D eigenvalue weighted by Gasteiger charge is 2.09. The van der Waals surface area contributed by atoms with Gasteiger partial charge in [0.1, 0.15) is 5.75 Å². The fourth-order valence-corrected chi connectivity index (χ4v) is 3.43. The Morgan fingerprint density at radius 1 is 1.44 bits per heavy atom. The molecule has 0 saturated heterocycles. The maximum Gasteiger partial charge on any atom is 0.194 e. The van der Waals surface area contributed by atoms with E-state index in [4.69, 9.17) is 9.73 Å². The van der Waals surface area contributed by atoms with E-state index in [0.717, 1.165) is 45.5 Å². The van der Waals surface area contributed by atoms with E-state index in [1.807, 2.05) is 32.2 Å². The van der Waals surface area contributed by atoms with Crippen LogP contribution >= 0.6 is 51.2 Å². The van der Waals surface area contributed by atoms with E-state index in [1.54, 1.807) is 18.4 Å². The molecule has 0 bridgehead atoms. The monoisotopic (exact) mass is 538 g/mol. The minimum atomic E-state index is 0. The molecule has 0 amide bonds. The van der Waals surface area contributed by atoms with Crippen LogP contribution in [0.25, 0.3) is 0 Å². The Balaban J connectivity index is 0.00000312. The first-order valence-electron chi connectivity index (χ1n) is 7.76. The Hall–Kier alpha value is -0.870. The third-order valence-electron chi connectivity index (χ3n) is 3.39. The summed E-state index contributed by atoms with van der Waals surface area (Å²) in [5.74, 6) is 1.70. The predicted molar refractivity (Wildman–Crippen MR) is 119 cm³/mol. The number of rotatable bonds is 6. The number of aryl methyl sites for hydroxylation is 1. The predicted octanol–water partition coefficient (Wildman–Crippen LogP) is 4.44. The number of halogens is 2. The van der Waals surface area contributed by atoms with Crippen LogP contribution in [0.4, 0.5) is 0 Å². The topological polar surface area (TPSA) is 49.8 Å². The van der Waals surface area contributed by atoms with Gasteiger partial charge < -0.3 is 15.0 Å². The number of methoxy groups -OCH3 is 1. The molecule has 2 aromatic rings. The Bertz CT molecular complexity index is 708. The Labute approximate surface area is 179 Å². The van der Waals surface area contributed by atoms with Crippen LogP contribution in [-0.4, -0.2) is 36.5 Å². The average Bonchev–Trinajstić information content (AvgIpc) is 2.96. The highest BCUT2D eigenvalue weighted by atomic mass is 127. The van der Waals surface area contributed by atoms with Crippen LogP contribution in [0.5, 0.6) is 5.75 Å². The first kappa shape index (κ1) is 22.2. The Morgan fingerprint density at radius 3 is 2.76 bits per heavy atom. The third kappa shape index (κ3) is 6.74. The fourth-order valence-electron chi connectivity index (χ4n) is 2.24. The average molecular weight is 539 g/mol. The molecule has 0 unspecified atom stereocenters. The number of aliphatic imine (C=N–C) groups is 1. The molecule has 0 saturated carbocycles. The lowest BCUT2D eigenvalue weighted by molar-refractivity contribution is 0.412. The number of guanidine groups is 1. The summed E-state index contributed by atoms with van der Waals surface area (Å²) in [6.45, 7) is 6.26. The van der Waals surface area contributed by atoms with E-state index in [0.29, 0.717) is 6.54 Å². The molecule has 1 heterocycles. The van der Waals surface area contributed by atoms with Crippen molar-refractivity contribution in [2.24, 2.45) is 4.99 Å². The maximum atomic E-state index is 5.26. The summed E-state index contributed by atoms with van der Waals surface area (Å²) in [6, 6.07) is 6.01. The molecule has 0 spiro atoms. The van der Waals surface area contributed by atoms with E-state index in [1.165, 1.54) is 0 Å². The van der Waals surface area contributed by atoms with Gasteiger partial charge in [-0.25, -0.2) is 9.98 Å². The molecular weight excluding hydrogens is 515 g/mol. The number of thiazole rings is 1. The van der Waals surface area contributed by atoms with Gasteiger partial charge in [0.15, 0.2) is 5.96 Å². The molecule has 2 rings (SSSR count). The van der Waals surface area contributed by atoms with Gasteiger partial charge in [-0.15, -0.1) is 35.3 Å². The van der Waals surface area contributed by atoms with Crippen LogP contribution < -0.4 is 10.1 Å². The van der Waals surface area contributed by atoms with E-state index >= 15 is 0 Å². The molecule has 0 fully saturated rings. The van der Waals surface area contributed by atoms with Crippen molar-refractivity contribution in [3.8, 4) is 5.75 Å². The second-order valence-electron chi connectivity index (χ2n) is 5.35. The third-order valence-corrected chi connectivity index (χ3v) is 4.83. The number of ether oxygens (including phenoxy) is 1. The molecule has 138 valence electrons. The van der Waals surface area contributed by atoms with Crippen molar-refractivity contribution in [1.82, 2.24) is 15.2 Å². The molecule has 5 nitrogen and oxygen atoms in total. The van der Waals surface area contributed by atoms with Gasteiger partial charge in [-0.1, -0.05) is 6.07 Å². The van der Waals surface area contributed by atoms with Gasteiger partial charge >= 0.3 is 0 Å². The number of aromatic nitrogens is 1. The van der Waals surface area contributed by atoms with E-state index < -0.39 is 0 Å². The standard InChI is InChI=1S/C17H23BrN4OS.HI/c1-5-19-17(22(3)10-14-11-24-12(2)21-14)20-9-13-6-7-16(23-4)15(18)8-13;/h6-8,11H,5,9-10H2,1-4H3,(H,19,20);1H. The number of hydrogen-bond donors (Lipinski definition) is 1. The van der Waals surface area contributed by atoms with Gasteiger partial charge in [-0.3, -0.25) is 0 Å². The van der Waals surface area contributed by atoms with Crippen LogP contribution in [0.1, 0.15) is 23.2 Å². The molecule has 0 atom stereocenters. The molecule has 0 aliphatic heterocycles. The lowest BCUT2D eigenvalue weighted by Crippen LogP contribution is -2.38. The highest BCUT2D eigenvalue weighted by Crippen LogP contribution is 2.25. The largest absolute Gasteiger partial charge is 0.496 e. The Morgan fingerprint density at radius 2 is 2.20 bits per heavy atom. The molecule has 8 heteroatoms. The second kappa shape index (κ2) is 11.0.